The van der Waals surface area contributed by atoms with Crippen LogP contribution in [0.4, 0.5) is 0 Å². The van der Waals surface area contributed by atoms with Crippen molar-refractivity contribution in [3.05, 3.63) is 0 Å². The molecule has 2 unspecified atom stereocenters. The van der Waals surface area contributed by atoms with Gasteiger partial charge in [0.1, 0.15) is 0 Å². The van der Waals surface area contributed by atoms with Gasteiger partial charge >= 0.3 is 23.9 Å². The molecule has 9 nitrogen and oxygen atoms in total. The number of aliphatic carboxylic acids is 2. The number of carboxylic acids is 2. The van der Waals surface area contributed by atoms with Crippen LogP contribution in [0.3, 0.4) is 0 Å². The van der Waals surface area contributed by atoms with Crippen molar-refractivity contribution >= 4 is 23.9 Å². The Morgan fingerprint density at radius 3 is 1.62 bits per heavy atom. The topological polar surface area (TPSA) is 151 Å². The fraction of sp³-hybridized carbons (Fsp3) is 0.783. The monoisotopic (exact) mass is 457 g/mol. The average Bonchev–Trinajstić information content (AvgIpc) is 2.70. The number of hydrogen-bond acceptors (Lipinski definition) is 7. The molecule has 184 valence electrons. The minimum absolute atomic E-state index is 0.208. The lowest BCUT2D eigenvalue weighted by Gasteiger charge is -2.36. The maximum Gasteiger partial charge on any atom is 0.327 e. The number of rotatable bonds is 14. The average molecular weight is 458 g/mol. The summed E-state index contributed by atoms with van der Waals surface area (Å²) in [6.45, 7) is 11.8. The fourth-order valence-electron chi connectivity index (χ4n) is 3.00. The van der Waals surface area contributed by atoms with Crippen LogP contribution < -0.4 is 0 Å². The molecular weight excluding hydrogens is 418 g/mol. The highest BCUT2D eigenvalue weighted by Crippen LogP contribution is 2.42. The van der Waals surface area contributed by atoms with Crippen LogP contribution in [0.15, 0.2) is 0 Å². The van der Waals surface area contributed by atoms with Crippen LogP contribution in [0, 0.1) is 34.5 Å². The molecule has 0 aliphatic rings. The molecule has 0 aromatic rings. The van der Waals surface area contributed by atoms with Gasteiger partial charge in [-0.3, -0.25) is 19.2 Å². The van der Waals surface area contributed by atoms with Crippen molar-refractivity contribution in [2.24, 2.45) is 23.2 Å². The van der Waals surface area contributed by atoms with Crippen molar-refractivity contribution in [2.75, 3.05) is 13.2 Å². The first-order valence-corrected chi connectivity index (χ1v) is 11.1. The van der Waals surface area contributed by atoms with Gasteiger partial charge in [-0.15, -0.1) is 0 Å². The SMILES string of the molecule is CCCCOC(=O)C(C(C)C)C(C#N)(C(=O)OCCCC)C(C)C.O=C(O)CCC(=O)O. The van der Waals surface area contributed by atoms with E-state index in [-0.39, 0.29) is 31.3 Å². The van der Waals surface area contributed by atoms with Gasteiger partial charge in [-0.25, -0.2) is 0 Å². The lowest BCUT2D eigenvalue weighted by Crippen LogP contribution is -2.49. The Morgan fingerprint density at radius 2 is 1.31 bits per heavy atom. The summed E-state index contributed by atoms with van der Waals surface area (Å²) in [7, 11) is 0. The second-order valence-electron chi connectivity index (χ2n) is 8.16. The normalized spacial score (nSPS) is 13.2. The van der Waals surface area contributed by atoms with Crippen molar-refractivity contribution in [1.29, 1.82) is 5.26 Å². The number of nitrogens with zero attached hydrogens (tertiary/aromatic N) is 1. The zero-order valence-electron chi connectivity index (χ0n) is 20.2. The second kappa shape index (κ2) is 17.0. The molecule has 32 heavy (non-hydrogen) atoms. The van der Waals surface area contributed by atoms with Gasteiger partial charge in [-0.2, -0.15) is 5.26 Å². The van der Waals surface area contributed by atoms with Crippen LogP contribution in [0.25, 0.3) is 0 Å². The molecule has 0 amide bonds. The Balaban J connectivity index is 0. The van der Waals surface area contributed by atoms with Crippen molar-refractivity contribution in [3.8, 4) is 6.07 Å². The number of unbranched alkanes of at least 4 members (excludes halogenated alkanes) is 2. The molecule has 0 aliphatic heterocycles. The molecule has 0 radical (unpaired) electrons. The van der Waals surface area contributed by atoms with E-state index in [2.05, 4.69) is 6.07 Å². The molecule has 2 N–H and O–H groups in total. The Kier molecular flexibility index (Phi) is 16.8. The maximum atomic E-state index is 12.7. The highest BCUT2D eigenvalue weighted by Gasteiger charge is 2.55. The van der Waals surface area contributed by atoms with Crippen LogP contribution in [-0.4, -0.2) is 47.3 Å². The molecule has 9 heteroatoms. The summed E-state index contributed by atoms with van der Waals surface area (Å²) in [6.07, 6.45) is 2.70. The van der Waals surface area contributed by atoms with Gasteiger partial charge in [-0.1, -0.05) is 54.4 Å². The predicted octanol–water partition coefficient (Wildman–Crippen LogP) is 4.05. The lowest BCUT2D eigenvalue weighted by molar-refractivity contribution is -0.171. The van der Waals surface area contributed by atoms with Gasteiger partial charge in [0.2, 0.25) is 0 Å². The Morgan fingerprint density at radius 1 is 0.875 bits per heavy atom. The van der Waals surface area contributed by atoms with Gasteiger partial charge in [0.25, 0.3) is 0 Å². The summed E-state index contributed by atoms with van der Waals surface area (Å²) >= 11 is 0. The van der Waals surface area contributed by atoms with Crippen molar-refractivity contribution < 1.29 is 38.9 Å². The lowest BCUT2D eigenvalue weighted by atomic mass is 9.64. The smallest absolute Gasteiger partial charge is 0.327 e. The van der Waals surface area contributed by atoms with E-state index in [4.69, 9.17) is 19.7 Å². The highest BCUT2D eigenvalue weighted by atomic mass is 16.5. The predicted molar refractivity (Wildman–Crippen MR) is 117 cm³/mol. The second-order valence-corrected chi connectivity index (χ2v) is 8.16. The van der Waals surface area contributed by atoms with E-state index in [9.17, 15) is 24.4 Å². The largest absolute Gasteiger partial charge is 0.481 e. The molecule has 0 saturated carbocycles. The summed E-state index contributed by atoms with van der Waals surface area (Å²) < 4.78 is 10.7. The minimum Gasteiger partial charge on any atom is -0.481 e. The van der Waals surface area contributed by atoms with Gasteiger partial charge in [0.15, 0.2) is 5.41 Å². The summed E-state index contributed by atoms with van der Waals surface area (Å²) in [6, 6.07) is 2.12. The van der Waals surface area contributed by atoms with Crippen molar-refractivity contribution in [1.82, 2.24) is 0 Å². The van der Waals surface area contributed by atoms with Crippen LogP contribution in [-0.2, 0) is 28.7 Å². The third-order valence-corrected chi connectivity index (χ3v) is 4.87. The Bertz CT molecular complexity index is 624. The van der Waals surface area contributed by atoms with E-state index in [1.54, 1.807) is 13.8 Å². The maximum absolute atomic E-state index is 12.7. The first-order chi connectivity index (χ1) is 14.9. The molecule has 0 rings (SSSR count). The van der Waals surface area contributed by atoms with Gasteiger partial charge in [0, 0.05) is 0 Å². The number of carboxylic acid groups (broad SMARTS) is 2. The fourth-order valence-corrected chi connectivity index (χ4v) is 3.00. The Hall–Kier alpha value is -2.63. The zero-order valence-corrected chi connectivity index (χ0v) is 20.2. The van der Waals surface area contributed by atoms with Crippen molar-refractivity contribution in [3.63, 3.8) is 0 Å². The van der Waals surface area contributed by atoms with Gasteiger partial charge < -0.3 is 19.7 Å². The van der Waals surface area contributed by atoms with Crippen LogP contribution in [0.1, 0.15) is 80.1 Å². The molecule has 0 aliphatic carbocycles. The molecule has 0 saturated heterocycles. The third kappa shape index (κ3) is 11.1. The molecule has 0 bridgehead atoms. The number of esters is 2. The highest BCUT2D eigenvalue weighted by molar-refractivity contribution is 5.88. The van der Waals surface area contributed by atoms with Gasteiger partial charge in [0.05, 0.1) is 38.0 Å². The van der Waals surface area contributed by atoms with E-state index in [0.717, 1.165) is 25.7 Å². The molecule has 0 aromatic carbocycles. The standard InChI is InChI=1S/C19H33NO4.C4H6O4/c1-7-9-11-23-17(21)16(14(3)4)19(13-20,15(5)6)18(22)24-12-10-8-2;5-3(6)1-2-4(7)8/h14-16H,7-12H2,1-6H3;1-2H2,(H,5,6)(H,7,8). The van der Waals surface area contributed by atoms with Crippen molar-refractivity contribution in [2.45, 2.75) is 80.1 Å². The molecule has 2 atom stereocenters. The number of carbonyl (C=O) groups excluding carboxylic acids is 2. The van der Waals surface area contributed by atoms with Gasteiger partial charge in [-0.05, 0) is 24.7 Å². The molecule has 0 heterocycles. The molecular formula is C23H39NO8. The van der Waals surface area contributed by atoms with E-state index < -0.39 is 35.2 Å². The first kappa shape index (κ1) is 31.6. The number of hydrogen-bond donors (Lipinski definition) is 2. The van der Waals surface area contributed by atoms with E-state index in [0.29, 0.717) is 6.61 Å². The summed E-state index contributed by atoms with van der Waals surface area (Å²) in [5.74, 6) is -4.66. The first-order valence-electron chi connectivity index (χ1n) is 11.1. The summed E-state index contributed by atoms with van der Waals surface area (Å²) in [4.78, 5) is 44.6. The van der Waals surface area contributed by atoms with Crippen LogP contribution in [0.2, 0.25) is 0 Å². The third-order valence-electron chi connectivity index (χ3n) is 4.87. The zero-order chi connectivity index (χ0) is 25.3. The van der Waals surface area contributed by atoms with E-state index in [1.807, 2.05) is 27.7 Å². The summed E-state index contributed by atoms with van der Waals surface area (Å²) in [5, 5.41) is 25.7. The Labute approximate surface area is 191 Å². The van der Waals surface area contributed by atoms with E-state index in [1.165, 1.54) is 0 Å². The molecule has 0 spiro atoms. The van der Waals surface area contributed by atoms with Crippen LogP contribution >= 0.6 is 0 Å². The quantitative estimate of drug-likeness (QED) is 0.291. The molecule has 0 aromatic heterocycles. The number of carbonyl (C=O) groups is 4. The van der Waals surface area contributed by atoms with E-state index >= 15 is 0 Å². The minimum atomic E-state index is -1.52. The summed E-state index contributed by atoms with van der Waals surface area (Å²) in [5.41, 5.74) is -1.52. The van der Waals surface area contributed by atoms with Crippen LogP contribution in [0.5, 0.6) is 0 Å². The molecule has 0 fully saturated rings. The number of nitriles is 1. The number of ether oxygens (including phenoxy) is 2.